The summed E-state index contributed by atoms with van der Waals surface area (Å²) >= 11 is 3.01. The van der Waals surface area contributed by atoms with E-state index < -0.39 is 0 Å². The minimum absolute atomic E-state index is 0.115. The van der Waals surface area contributed by atoms with E-state index in [9.17, 15) is 4.79 Å². The van der Waals surface area contributed by atoms with Gasteiger partial charge in [0.2, 0.25) is 10.1 Å². The van der Waals surface area contributed by atoms with Crippen LogP contribution in [0.1, 0.15) is 48.6 Å². The van der Waals surface area contributed by atoms with Crippen LogP contribution < -0.4 is 5.56 Å². The lowest BCUT2D eigenvalue weighted by Crippen LogP contribution is -2.15. The molecule has 0 amide bonds. The van der Waals surface area contributed by atoms with Crippen molar-refractivity contribution in [3.8, 4) is 0 Å². The number of H-pyrrole nitrogens is 1. The van der Waals surface area contributed by atoms with Crippen LogP contribution in [0.2, 0.25) is 0 Å². The van der Waals surface area contributed by atoms with Crippen LogP contribution in [0.15, 0.2) is 16.0 Å². The van der Waals surface area contributed by atoms with Gasteiger partial charge in [0.1, 0.15) is 10.8 Å². The zero-order chi connectivity index (χ0) is 15.8. The number of thioether (sulfide) groups is 1. The maximum atomic E-state index is 12.2. The Balaban J connectivity index is 1.52. The first-order chi connectivity index (χ1) is 11.2. The summed E-state index contributed by atoms with van der Waals surface area (Å²) in [5.41, 5.74) is 0.628. The highest BCUT2D eigenvalue weighted by Crippen LogP contribution is 2.41. The number of aryl methyl sites for hydroxylation is 1. The Kier molecular flexibility index (Phi) is 3.90. The molecule has 1 aliphatic carbocycles. The van der Waals surface area contributed by atoms with Crippen LogP contribution in [0.25, 0.3) is 4.96 Å². The highest BCUT2D eigenvalue weighted by molar-refractivity contribution is 7.98. The molecule has 0 aromatic carbocycles. The summed E-state index contributed by atoms with van der Waals surface area (Å²) in [7, 11) is 0. The van der Waals surface area contributed by atoms with Gasteiger partial charge in [-0.15, -0.1) is 5.10 Å². The fourth-order valence-electron chi connectivity index (χ4n) is 2.27. The van der Waals surface area contributed by atoms with Crippen molar-refractivity contribution in [2.75, 3.05) is 0 Å². The monoisotopic (exact) mass is 348 g/mol. The molecule has 0 saturated heterocycles. The molecule has 0 atom stereocenters. The van der Waals surface area contributed by atoms with Crippen molar-refractivity contribution < 1.29 is 0 Å². The Morgan fingerprint density at radius 1 is 1.43 bits per heavy atom. The van der Waals surface area contributed by atoms with E-state index in [1.165, 1.54) is 40.5 Å². The summed E-state index contributed by atoms with van der Waals surface area (Å²) in [6.45, 7) is 2.10. The van der Waals surface area contributed by atoms with Crippen molar-refractivity contribution in [3.63, 3.8) is 0 Å². The van der Waals surface area contributed by atoms with E-state index in [0.717, 1.165) is 29.4 Å². The SMILES string of the molecule is CCCc1nc(SCc2cc(=O)n3nc(C4CC4)sc3n2)n[nH]1. The van der Waals surface area contributed by atoms with Crippen LogP contribution in [0, 0.1) is 0 Å². The molecule has 1 saturated carbocycles. The van der Waals surface area contributed by atoms with Crippen LogP contribution in [0.5, 0.6) is 0 Å². The van der Waals surface area contributed by atoms with E-state index in [4.69, 9.17) is 0 Å². The van der Waals surface area contributed by atoms with Crippen LogP contribution in [0.4, 0.5) is 0 Å². The van der Waals surface area contributed by atoms with E-state index in [1.54, 1.807) is 6.07 Å². The number of hydrogen-bond donors (Lipinski definition) is 1. The van der Waals surface area contributed by atoms with Gasteiger partial charge in [-0.2, -0.15) is 9.61 Å². The molecule has 23 heavy (non-hydrogen) atoms. The van der Waals surface area contributed by atoms with Gasteiger partial charge >= 0.3 is 0 Å². The second-order valence-electron chi connectivity index (χ2n) is 5.60. The third kappa shape index (κ3) is 3.16. The lowest BCUT2D eigenvalue weighted by atomic mass is 10.3. The number of nitrogens with one attached hydrogen (secondary N) is 1. The van der Waals surface area contributed by atoms with Crippen molar-refractivity contribution in [1.82, 2.24) is 29.8 Å². The van der Waals surface area contributed by atoms with Gasteiger partial charge in [0.15, 0.2) is 0 Å². The van der Waals surface area contributed by atoms with Gasteiger partial charge in [-0.1, -0.05) is 30.0 Å². The summed E-state index contributed by atoms with van der Waals surface area (Å²) in [5, 5.41) is 13.2. The van der Waals surface area contributed by atoms with Crippen LogP contribution >= 0.6 is 23.1 Å². The van der Waals surface area contributed by atoms with Gasteiger partial charge in [-0.25, -0.2) is 9.97 Å². The molecule has 0 bridgehead atoms. The smallest absolute Gasteiger partial charge is 0.267 e. The van der Waals surface area contributed by atoms with Crippen molar-refractivity contribution >= 4 is 28.1 Å². The van der Waals surface area contributed by atoms with Crippen LogP contribution in [-0.4, -0.2) is 29.8 Å². The number of hydrogen-bond acceptors (Lipinski definition) is 7. The first kappa shape index (κ1) is 14.8. The van der Waals surface area contributed by atoms with Crippen LogP contribution in [-0.2, 0) is 12.2 Å². The maximum absolute atomic E-state index is 12.2. The van der Waals surface area contributed by atoms with E-state index in [0.29, 0.717) is 21.8 Å². The largest absolute Gasteiger partial charge is 0.275 e. The molecule has 1 fully saturated rings. The Labute approximate surface area is 140 Å². The van der Waals surface area contributed by atoms with Crippen molar-refractivity contribution in [3.05, 3.63) is 32.9 Å². The molecule has 4 rings (SSSR count). The highest BCUT2D eigenvalue weighted by atomic mass is 32.2. The van der Waals surface area contributed by atoms with Gasteiger partial charge in [0.25, 0.3) is 5.56 Å². The average molecular weight is 348 g/mol. The first-order valence-corrected chi connectivity index (χ1v) is 9.47. The third-order valence-corrected chi connectivity index (χ3v) is 5.54. The number of aromatic nitrogens is 6. The molecular formula is C14H16N6OS2. The summed E-state index contributed by atoms with van der Waals surface area (Å²) in [6.07, 6.45) is 4.26. The Morgan fingerprint density at radius 3 is 3.09 bits per heavy atom. The van der Waals surface area contributed by atoms with Crippen LogP contribution in [0.3, 0.4) is 0 Å². The standard InChI is InChI=1S/C14H16N6OS2/c1-2-3-10-16-13(18-17-10)22-7-9-6-11(21)20-14(15-9)23-12(19-20)8-4-5-8/h6,8H,2-5,7H2,1H3,(H,16,17,18). The fourth-order valence-corrected chi connectivity index (χ4v) is 4.07. The van der Waals surface area contributed by atoms with Crippen molar-refractivity contribution in [2.45, 2.75) is 49.4 Å². The molecule has 3 heterocycles. The Bertz CT molecular complexity index is 894. The number of rotatable bonds is 6. The molecule has 7 nitrogen and oxygen atoms in total. The summed E-state index contributed by atoms with van der Waals surface area (Å²) in [4.78, 5) is 21.8. The zero-order valence-corrected chi connectivity index (χ0v) is 14.3. The van der Waals surface area contributed by atoms with Gasteiger partial charge in [-0.05, 0) is 19.3 Å². The third-order valence-electron chi connectivity index (χ3n) is 3.59. The van der Waals surface area contributed by atoms with E-state index in [2.05, 4.69) is 32.2 Å². The minimum atomic E-state index is -0.115. The highest BCUT2D eigenvalue weighted by Gasteiger charge is 2.28. The van der Waals surface area contributed by atoms with Crippen molar-refractivity contribution in [2.24, 2.45) is 0 Å². The molecule has 9 heteroatoms. The molecular weight excluding hydrogens is 332 g/mol. The zero-order valence-electron chi connectivity index (χ0n) is 12.7. The second kappa shape index (κ2) is 6.04. The molecule has 0 radical (unpaired) electrons. The molecule has 3 aromatic heterocycles. The lowest BCUT2D eigenvalue weighted by Gasteiger charge is -1.97. The Hall–Kier alpha value is -1.74. The van der Waals surface area contributed by atoms with Gasteiger partial charge < -0.3 is 0 Å². The topological polar surface area (TPSA) is 88.8 Å². The molecule has 1 N–H and O–H groups in total. The molecule has 0 spiro atoms. The normalized spacial score (nSPS) is 14.7. The number of aromatic amines is 1. The summed E-state index contributed by atoms with van der Waals surface area (Å²) in [5.74, 6) is 2.01. The molecule has 0 aliphatic heterocycles. The summed E-state index contributed by atoms with van der Waals surface area (Å²) in [6, 6.07) is 1.55. The minimum Gasteiger partial charge on any atom is -0.267 e. The maximum Gasteiger partial charge on any atom is 0.275 e. The van der Waals surface area contributed by atoms with Gasteiger partial charge in [0.05, 0.1) is 5.69 Å². The molecule has 120 valence electrons. The first-order valence-electron chi connectivity index (χ1n) is 7.66. The van der Waals surface area contributed by atoms with E-state index in [1.807, 2.05) is 0 Å². The van der Waals surface area contributed by atoms with Gasteiger partial charge in [0, 0.05) is 24.2 Å². The summed E-state index contributed by atoms with van der Waals surface area (Å²) < 4.78 is 1.42. The fraction of sp³-hybridized carbons (Fsp3) is 0.500. The van der Waals surface area contributed by atoms with E-state index >= 15 is 0 Å². The molecule has 1 aliphatic rings. The van der Waals surface area contributed by atoms with Gasteiger partial charge in [-0.3, -0.25) is 9.89 Å². The number of nitrogens with zero attached hydrogens (tertiary/aromatic N) is 5. The average Bonchev–Trinajstić information content (AvgIpc) is 3.13. The number of fused-ring (bicyclic) bond motifs is 1. The lowest BCUT2D eigenvalue weighted by molar-refractivity contribution is 0.840. The quantitative estimate of drug-likeness (QED) is 0.688. The predicted molar refractivity (Wildman–Crippen MR) is 89.0 cm³/mol. The second-order valence-corrected chi connectivity index (χ2v) is 7.53. The molecule has 3 aromatic rings. The Morgan fingerprint density at radius 2 is 2.30 bits per heavy atom. The predicted octanol–water partition coefficient (Wildman–Crippen LogP) is 2.39. The van der Waals surface area contributed by atoms with E-state index in [-0.39, 0.29) is 5.56 Å². The molecule has 0 unspecified atom stereocenters. The van der Waals surface area contributed by atoms with Crippen molar-refractivity contribution in [1.29, 1.82) is 0 Å².